The maximum Gasteiger partial charge on any atom is 0.0195 e. The van der Waals surface area contributed by atoms with Gasteiger partial charge in [-0.2, -0.15) is 0 Å². The molecule has 2 fully saturated rings. The zero-order chi connectivity index (χ0) is 14.4. The van der Waals surface area contributed by atoms with Gasteiger partial charge in [0, 0.05) is 19.1 Å². The lowest BCUT2D eigenvalue weighted by atomic mass is 9.78. The third-order valence-corrected chi connectivity index (χ3v) is 5.58. The number of rotatable bonds is 7. The van der Waals surface area contributed by atoms with Gasteiger partial charge in [0.25, 0.3) is 0 Å². The molecule has 2 rings (SSSR count). The second-order valence-electron chi connectivity index (χ2n) is 7.89. The molecule has 0 radical (unpaired) electrons. The van der Waals surface area contributed by atoms with E-state index in [1.807, 2.05) is 0 Å². The first-order chi connectivity index (χ1) is 9.63. The average molecular weight is 280 g/mol. The van der Waals surface area contributed by atoms with Crippen LogP contribution < -0.4 is 10.6 Å². The Hall–Kier alpha value is -0.0800. The van der Waals surface area contributed by atoms with Gasteiger partial charge in [-0.3, -0.25) is 0 Å². The highest BCUT2D eigenvalue weighted by atomic mass is 15.0. The summed E-state index contributed by atoms with van der Waals surface area (Å²) in [5, 5.41) is 7.52. The molecular formula is C18H36N2. The van der Waals surface area contributed by atoms with E-state index in [-0.39, 0.29) is 0 Å². The Kier molecular flexibility index (Phi) is 6.35. The minimum absolute atomic E-state index is 0.618. The predicted molar refractivity (Wildman–Crippen MR) is 88.0 cm³/mol. The second-order valence-corrected chi connectivity index (χ2v) is 7.89. The number of piperidine rings is 1. The molecular weight excluding hydrogens is 244 g/mol. The van der Waals surface area contributed by atoms with Gasteiger partial charge in [-0.1, -0.05) is 40.0 Å². The van der Waals surface area contributed by atoms with Crippen molar-refractivity contribution in [2.45, 2.75) is 78.2 Å². The molecule has 0 bridgehead atoms. The molecule has 0 amide bonds. The summed E-state index contributed by atoms with van der Waals surface area (Å²) in [5.41, 5.74) is 0.618. The van der Waals surface area contributed by atoms with E-state index in [1.54, 1.807) is 0 Å². The molecule has 1 aliphatic carbocycles. The summed E-state index contributed by atoms with van der Waals surface area (Å²) in [6, 6.07) is 0.714. The minimum atomic E-state index is 0.618. The first-order valence-corrected chi connectivity index (χ1v) is 9.07. The predicted octanol–water partition coefficient (Wildman–Crippen LogP) is 3.96. The van der Waals surface area contributed by atoms with Crippen LogP contribution in [0.25, 0.3) is 0 Å². The van der Waals surface area contributed by atoms with Crippen molar-refractivity contribution in [3.05, 3.63) is 0 Å². The Bertz CT molecular complexity index is 269. The highest BCUT2D eigenvalue weighted by molar-refractivity contribution is 4.88. The number of hydrogen-bond donors (Lipinski definition) is 2. The van der Waals surface area contributed by atoms with Crippen LogP contribution in [0.3, 0.4) is 0 Å². The van der Waals surface area contributed by atoms with Gasteiger partial charge in [-0.25, -0.2) is 0 Å². The minimum Gasteiger partial charge on any atom is -0.315 e. The summed E-state index contributed by atoms with van der Waals surface area (Å²) < 4.78 is 0. The Morgan fingerprint density at radius 3 is 2.65 bits per heavy atom. The lowest BCUT2D eigenvalue weighted by Gasteiger charge is -2.34. The van der Waals surface area contributed by atoms with Gasteiger partial charge in [0.2, 0.25) is 0 Å². The van der Waals surface area contributed by atoms with Crippen molar-refractivity contribution < 1.29 is 0 Å². The average Bonchev–Trinajstić information content (AvgIpc) is 2.87. The van der Waals surface area contributed by atoms with Crippen LogP contribution >= 0.6 is 0 Å². The molecule has 0 aromatic carbocycles. The van der Waals surface area contributed by atoms with E-state index in [4.69, 9.17) is 0 Å². The molecule has 0 aromatic heterocycles. The maximum atomic E-state index is 3.83. The van der Waals surface area contributed by atoms with E-state index in [0.717, 1.165) is 11.8 Å². The van der Waals surface area contributed by atoms with Crippen LogP contribution in [0.4, 0.5) is 0 Å². The fourth-order valence-corrected chi connectivity index (χ4v) is 4.58. The third-order valence-electron chi connectivity index (χ3n) is 5.58. The zero-order valence-electron chi connectivity index (χ0n) is 14.0. The van der Waals surface area contributed by atoms with Crippen LogP contribution in [0.5, 0.6) is 0 Å². The SMILES string of the molecule is CCC1CCNC(CNCC2(CC(C)C)CCCC2)C1. The Labute approximate surface area is 126 Å². The van der Waals surface area contributed by atoms with E-state index in [2.05, 4.69) is 31.4 Å². The lowest BCUT2D eigenvalue weighted by Crippen LogP contribution is -2.46. The van der Waals surface area contributed by atoms with E-state index >= 15 is 0 Å². The molecule has 0 spiro atoms. The number of nitrogens with one attached hydrogen (secondary N) is 2. The highest BCUT2D eigenvalue weighted by Gasteiger charge is 2.34. The largest absolute Gasteiger partial charge is 0.315 e. The molecule has 20 heavy (non-hydrogen) atoms. The van der Waals surface area contributed by atoms with Crippen LogP contribution in [-0.4, -0.2) is 25.7 Å². The van der Waals surface area contributed by atoms with Crippen LogP contribution in [-0.2, 0) is 0 Å². The summed E-state index contributed by atoms with van der Waals surface area (Å²) in [5.74, 6) is 1.80. The highest BCUT2D eigenvalue weighted by Crippen LogP contribution is 2.42. The molecule has 1 aliphatic heterocycles. The normalized spacial score (nSPS) is 30.0. The fraction of sp³-hybridized carbons (Fsp3) is 1.00. The molecule has 1 heterocycles. The quantitative estimate of drug-likeness (QED) is 0.737. The van der Waals surface area contributed by atoms with Gasteiger partial charge in [-0.15, -0.1) is 0 Å². The Morgan fingerprint density at radius 1 is 1.25 bits per heavy atom. The molecule has 2 heteroatoms. The van der Waals surface area contributed by atoms with Crippen LogP contribution in [0.1, 0.15) is 72.1 Å². The lowest BCUT2D eigenvalue weighted by molar-refractivity contribution is 0.214. The summed E-state index contributed by atoms with van der Waals surface area (Å²) >= 11 is 0. The van der Waals surface area contributed by atoms with Crippen molar-refractivity contribution in [1.29, 1.82) is 0 Å². The summed E-state index contributed by atoms with van der Waals surface area (Å²) in [7, 11) is 0. The van der Waals surface area contributed by atoms with Gasteiger partial charge < -0.3 is 10.6 Å². The molecule has 2 unspecified atom stereocenters. The molecule has 118 valence electrons. The van der Waals surface area contributed by atoms with Gasteiger partial charge in [0.15, 0.2) is 0 Å². The van der Waals surface area contributed by atoms with Crippen molar-refractivity contribution in [2.75, 3.05) is 19.6 Å². The second kappa shape index (κ2) is 7.79. The maximum absolute atomic E-state index is 3.83. The Balaban J connectivity index is 1.73. The molecule has 2 atom stereocenters. The van der Waals surface area contributed by atoms with Gasteiger partial charge in [0.1, 0.15) is 0 Å². The summed E-state index contributed by atoms with van der Waals surface area (Å²) in [4.78, 5) is 0. The van der Waals surface area contributed by atoms with Crippen molar-refractivity contribution >= 4 is 0 Å². The van der Waals surface area contributed by atoms with E-state index < -0.39 is 0 Å². The van der Waals surface area contributed by atoms with Gasteiger partial charge >= 0.3 is 0 Å². The zero-order valence-corrected chi connectivity index (χ0v) is 14.0. The van der Waals surface area contributed by atoms with E-state index in [1.165, 1.54) is 71.0 Å². The third kappa shape index (κ3) is 4.73. The van der Waals surface area contributed by atoms with Gasteiger partial charge in [-0.05, 0) is 55.9 Å². The Morgan fingerprint density at radius 2 is 2.00 bits per heavy atom. The van der Waals surface area contributed by atoms with Crippen LogP contribution in [0, 0.1) is 17.3 Å². The first-order valence-electron chi connectivity index (χ1n) is 9.07. The van der Waals surface area contributed by atoms with Gasteiger partial charge in [0.05, 0.1) is 0 Å². The molecule has 2 nitrogen and oxygen atoms in total. The molecule has 1 saturated heterocycles. The van der Waals surface area contributed by atoms with E-state index in [9.17, 15) is 0 Å². The molecule has 0 aromatic rings. The van der Waals surface area contributed by atoms with Crippen molar-refractivity contribution in [1.82, 2.24) is 10.6 Å². The molecule has 2 N–H and O–H groups in total. The molecule has 2 aliphatic rings. The standard InChI is InChI=1S/C18H36N2/c1-4-16-7-10-20-17(11-16)13-19-14-18(12-15(2)3)8-5-6-9-18/h15-17,19-20H,4-14H2,1-3H3. The molecule has 1 saturated carbocycles. The van der Waals surface area contributed by atoms with Crippen LogP contribution in [0.2, 0.25) is 0 Å². The summed E-state index contributed by atoms with van der Waals surface area (Å²) in [6.45, 7) is 10.8. The van der Waals surface area contributed by atoms with Crippen molar-refractivity contribution in [2.24, 2.45) is 17.3 Å². The van der Waals surface area contributed by atoms with E-state index in [0.29, 0.717) is 11.5 Å². The number of hydrogen-bond acceptors (Lipinski definition) is 2. The first kappa shape index (κ1) is 16.3. The smallest absolute Gasteiger partial charge is 0.0195 e. The summed E-state index contributed by atoms with van der Waals surface area (Å²) in [6.07, 6.45) is 11.3. The topological polar surface area (TPSA) is 24.1 Å². The van der Waals surface area contributed by atoms with Crippen molar-refractivity contribution in [3.8, 4) is 0 Å². The monoisotopic (exact) mass is 280 g/mol. The fourth-order valence-electron chi connectivity index (χ4n) is 4.58. The van der Waals surface area contributed by atoms with Crippen LogP contribution in [0.15, 0.2) is 0 Å². The van der Waals surface area contributed by atoms with Crippen molar-refractivity contribution in [3.63, 3.8) is 0 Å².